The van der Waals surface area contributed by atoms with E-state index in [1.54, 1.807) is 5.57 Å². The molecule has 2 heteroatoms. The average Bonchev–Trinajstić information content (AvgIpc) is 3.15. The smallest absolute Gasteiger partial charge is 0.0346 e. The van der Waals surface area contributed by atoms with E-state index in [2.05, 4.69) is 68.2 Å². The van der Waals surface area contributed by atoms with Crippen LogP contribution >= 0.6 is 0 Å². The Kier molecular flexibility index (Phi) is 4.85. The van der Waals surface area contributed by atoms with E-state index in [4.69, 9.17) is 0 Å². The summed E-state index contributed by atoms with van der Waals surface area (Å²) in [4.78, 5) is 6.87. The van der Waals surface area contributed by atoms with Crippen LogP contribution < -0.4 is 0 Å². The Labute approximate surface area is 194 Å². The highest BCUT2D eigenvalue weighted by Gasteiger charge is 2.58. The van der Waals surface area contributed by atoms with Gasteiger partial charge in [-0.3, -0.25) is 4.98 Å². The zero-order valence-electron chi connectivity index (χ0n) is 20.5. The Bertz CT molecular complexity index is 1050. The van der Waals surface area contributed by atoms with Crippen LogP contribution in [0.1, 0.15) is 70.8 Å². The Balaban J connectivity index is 1.28. The highest BCUT2D eigenvalue weighted by molar-refractivity contribution is 5.86. The first-order valence-electron chi connectivity index (χ1n) is 13.1. The summed E-state index contributed by atoms with van der Waals surface area (Å²) in [5.74, 6) is 3.64. The predicted molar refractivity (Wildman–Crippen MR) is 134 cm³/mol. The quantitative estimate of drug-likeness (QED) is 0.503. The topological polar surface area (TPSA) is 16.1 Å². The van der Waals surface area contributed by atoms with Crippen LogP contribution in [0.2, 0.25) is 0 Å². The molecule has 0 N–H and O–H groups in total. The lowest BCUT2D eigenvalue weighted by Gasteiger charge is -2.61. The minimum atomic E-state index is 0.348. The molecular formula is C30H40N2. The largest absolute Gasteiger partial charge is 0.306 e. The number of pyridine rings is 1. The van der Waals surface area contributed by atoms with Gasteiger partial charge in [0.1, 0.15) is 0 Å². The van der Waals surface area contributed by atoms with Gasteiger partial charge >= 0.3 is 0 Å². The maximum absolute atomic E-state index is 4.37. The van der Waals surface area contributed by atoms with Crippen LogP contribution in [0.3, 0.4) is 0 Å². The van der Waals surface area contributed by atoms with Gasteiger partial charge in [0.05, 0.1) is 0 Å². The summed E-state index contributed by atoms with van der Waals surface area (Å²) >= 11 is 0. The fourth-order valence-electron chi connectivity index (χ4n) is 8.97. The molecule has 0 saturated heterocycles. The average molecular weight is 429 g/mol. The third-order valence-electron chi connectivity index (χ3n) is 10.9. The van der Waals surface area contributed by atoms with Gasteiger partial charge in [-0.15, -0.1) is 0 Å². The molecule has 0 bridgehead atoms. The number of hydrogen-bond donors (Lipinski definition) is 0. The second kappa shape index (κ2) is 7.42. The van der Waals surface area contributed by atoms with Crippen molar-refractivity contribution in [2.24, 2.45) is 34.5 Å². The Morgan fingerprint density at radius 3 is 2.66 bits per heavy atom. The fraction of sp³-hybridized carbons (Fsp3) is 0.633. The van der Waals surface area contributed by atoms with Gasteiger partial charge in [0.15, 0.2) is 0 Å². The van der Waals surface area contributed by atoms with E-state index in [0.29, 0.717) is 10.8 Å². The molecule has 6 rings (SSSR count). The highest BCUT2D eigenvalue weighted by atomic mass is 15.1. The SMILES string of the molecule is CN(C)[C@H]1CC[C@]2(C)C3CC[C@]4(C)C(c5ccc6ccncc6c5)=CC[C@H]4[C@@H]3CC[C@H]2C1. The molecule has 1 heterocycles. The van der Waals surface area contributed by atoms with Crippen molar-refractivity contribution in [2.45, 2.75) is 71.3 Å². The summed E-state index contributed by atoms with van der Waals surface area (Å²) in [5, 5.41) is 2.57. The number of aromatic nitrogens is 1. The summed E-state index contributed by atoms with van der Waals surface area (Å²) in [6.07, 6.45) is 17.9. The first kappa shape index (κ1) is 20.9. The van der Waals surface area contributed by atoms with Gasteiger partial charge in [-0.2, -0.15) is 0 Å². The fourth-order valence-corrected chi connectivity index (χ4v) is 8.97. The van der Waals surface area contributed by atoms with Crippen LogP contribution in [0.4, 0.5) is 0 Å². The first-order valence-corrected chi connectivity index (χ1v) is 13.1. The predicted octanol–water partition coefficient (Wildman–Crippen LogP) is 7.20. The van der Waals surface area contributed by atoms with E-state index in [1.807, 2.05) is 12.4 Å². The molecule has 2 aromatic rings. The van der Waals surface area contributed by atoms with Crippen LogP contribution in [0.5, 0.6) is 0 Å². The number of fused-ring (bicyclic) bond motifs is 6. The minimum absolute atomic E-state index is 0.348. The second-order valence-corrected chi connectivity index (χ2v) is 12.3. The molecule has 3 fully saturated rings. The normalized spacial score (nSPS) is 41.2. The number of rotatable bonds is 2. The molecule has 1 unspecified atom stereocenters. The van der Waals surface area contributed by atoms with Crippen LogP contribution in [0.25, 0.3) is 16.3 Å². The van der Waals surface area contributed by atoms with Gasteiger partial charge in [-0.25, -0.2) is 0 Å². The summed E-state index contributed by atoms with van der Waals surface area (Å²) in [5.41, 5.74) is 4.01. The van der Waals surface area contributed by atoms with Gasteiger partial charge < -0.3 is 4.90 Å². The van der Waals surface area contributed by atoms with E-state index in [1.165, 1.54) is 67.7 Å². The third kappa shape index (κ3) is 2.98. The van der Waals surface area contributed by atoms with Crippen molar-refractivity contribution >= 4 is 16.3 Å². The van der Waals surface area contributed by atoms with Crippen LogP contribution in [-0.2, 0) is 0 Å². The zero-order valence-corrected chi connectivity index (χ0v) is 20.5. The molecule has 0 aliphatic heterocycles. The van der Waals surface area contributed by atoms with Crippen LogP contribution in [0, 0.1) is 34.5 Å². The van der Waals surface area contributed by atoms with Crippen molar-refractivity contribution < 1.29 is 0 Å². The van der Waals surface area contributed by atoms with Crippen molar-refractivity contribution in [3.05, 3.63) is 48.3 Å². The lowest BCUT2D eigenvalue weighted by atomic mass is 9.44. The van der Waals surface area contributed by atoms with Crippen molar-refractivity contribution in [2.75, 3.05) is 14.1 Å². The molecule has 170 valence electrons. The van der Waals surface area contributed by atoms with Crippen molar-refractivity contribution in [1.29, 1.82) is 0 Å². The Morgan fingerprint density at radius 1 is 0.938 bits per heavy atom. The molecule has 0 spiro atoms. The summed E-state index contributed by atoms with van der Waals surface area (Å²) in [6.45, 7) is 5.31. The molecule has 32 heavy (non-hydrogen) atoms. The molecule has 4 aliphatic carbocycles. The Morgan fingerprint density at radius 2 is 1.81 bits per heavy atom. The standard InChI is InChI=1S/C30H40N2/c1-29-14-11-24(32(3)4)18-23(29)7-8-25-27-10-9-26(30(27,2)15-12-28(25)29)21-6-5-20-13-16-31-19-22(20)17-21/h5-6,9,13,16-17,19,23-25,27-28H,7-8,10-12,14-15,18H2,1-4H3/t23-,24-,25-,27-,28?,29-,30+/m0/s1. The van der Waals surface area contributed by atoms with Crippen molar-refractivity contribution in [3.8, 4) is 0 Å². The summed E-state index contributed by atoms with van der Waals surface area (Å²) < 4.78 is 0. The molecule has 1 aromatic heterocycles. The first-order chi connectivity index (χ1) is 15.4. The second-order valence-electron chi connectivity index (χ2n) is 12.3. The van der Waals surface area contributed by atoms with Gasteiger partial charge in [-0.1, -0.05) is 32.1 Å². The Hall–Kier alpha value is -1.67. The van der Waals surface area contributed by atoms with Crippen LogP contribution in [0.15, 0.2) is 42.7 Å². The zero-order chi connectivity index (χ0) is 22.1. The minimum Gasteiger partial charge on any atom is -0.306 e. The lowest BCUT2D eigenvalue weighted by Crippen LogP contribution is -2.54. The monoisotopic (exact) mass is 428 g/mol. The maximum atomic E-state index is 4.37. The number of nitrogens with zero attached hydrogens (tertiary/aromatic N) is 2. The van der Waals surface area contributed by atoms with Gasteiger partial charge in [0, 0.05) is 23.8 Å². The molecule has 1 aromatic carbocycles. The van der Waals surface area contributed by atoms with Gasteiger partial charge in [0.25, 0.3) is 0 Å². The van der Waals surface area contributed by atoms with Crippen LogP contribution in [-0.4, -0.2) is 30.0 Å². The molecule has 7 atom stereocenters. The highest BCUT2D eigenvalue weighted by Crippen LogP contribution is 2.67. The van der Waals surface area contributed by atoms with E-state index in [0.717, 1.165) is 29.7 Å². The molecular weight excluding hydrogens is 388 g/mol. The molecule has 0 radical (unpaired) electrons. The van der Waals surface area contributed by atoms with Gasteiger partial charge in [0.2, 0.25) is 0 Å². The van der Waals surface area contributed by atoms with Crippen molar-refractivity contribution in [1.82, 2.24) is 9.88 Å². The molecule has 0 amide bonds. The van der Waals surface area contributed by atoms with Gasteiger partial charge in [-0.05, 0) is 129 Å². The summed E-state index contributed by atoms with van der Waals surface area (Å²) in [7, 11) is 4.58. The third-order valence-corrected chi connectivity index (χ3v) is 10.9. The van der Waals surface area contributed by atoms with E-state index in [-0.39, 0.29) is 0 Å². The summed E-state index contributed by atoms with van der Waals surface area (Å²) in [6, 6.07) is 10.00. The van der Waals surface area contributed by atoms with Crippen molar-refractivity contribution in [3.63, 3.8) is 0 Å². The lowest BCUT2D eigenvalue weighted by molar-refractivity contribution is -0.106. The molecule has 4 aliphatic rings. The number of allylic oxidation sites excluding steroid dienone is 2. The maximum Gasteiger partial charge on any atom is 0.0346 e. The van der Waals surface area contributed by atoms with E-state index in [9.17, 15) is 0 Å². The number of benzene rings is 1. The number of hydrogen-bond acceptors (Lipinski definition) is 2. The van der Waals surface area contributed by atoms with E-state index >= 15 is 0 Å². The molecule has 3 saturated carbocycles. The molecule has 2 nitrogen and oxygen atoms in total. The van der Waals surface area contributed by atoms with E-state index < -0.39 is 0 Å².